The molecule has 3 aromatic carbocycles. The van der Waals surface area contributed by atoms with Crippen LogP contribution in [-0.2, 0) is 13.1 Å². The van der Waals surface area contributed by atoms with Gasteiger partial charge in [0.1, 0.15) is 5.75 Å². The van der Waals surface area contributed by atoms with E-state index in [1.807, 2.05) is 30.3 Å². The first kappa shape index (κ1) is 20.3. The van der Waals surface area contributed by atoms with Crippen LogP contribution in [0.4, 0.5) is 0 Å². The van der Waals surface area contributed by atoms with Gasteiger partial charge in [-0.2, -0.15) is 0 Å². The molecule has 6 heteroatoms. The lowest BCUT2D eigenvalue weighted by atomic mass is 10.1. The third-order valence-electron chi connectivity index (χ3n) is 4.70. The second-order valence-electron chi connectivity index (χ2n) is 6.52. The number of hydrogen-bond donors (Lipinski definition) is 2. The molecule has 0 amide bonds. The number of ether oxygens (including phenoxy) is 3. The van der Waals surface area contributed by atoms with Crippen molar-refractivity contribution >= 4 is 16.7 Å². The Morgan fingerprint density at radius 2 is 1.34 bits per heavy atom. The number of fused-ring (bicyclic) bond motifs is 1. The predicted molar refractivity (Wildman–Crippen MR) is 117 cm³/mol. The molecule has 152 valence electrons. The summed E-state index contributed by atoms with van der Waals surface area (Å²) < 4.78 is 15.9. The van der Waals surface area contributed by atoms with Gasteiger partial charge >= 0.3 is 0 Å². The van der Waals surface area contributed by atoms with Crippen LogP contribution < -0.4 is 24.8 Å². The number of rotatable bonds is 7. The fourth-order valence-corrected chi connectivity index (χ4v) is 3.09. The van der Waals surface area contributed by atoms with Crippen molar-refractivity contribution < 1.29 is 14.2 Å². The summed E-state index contributed by atoms with van der Waals surface area (Å²) in [7, 11) is 6.71. The molecule has 29 heavy (non-hydrogen) atoms. The molecule has 0 aliphatic rings. The van der Waals surface area contributed by atoms with Crippen LogP contribution in [-0.4, -0.2) is 34.3 Å². The highest BCUT2D eigenvalue weighted by molar-refractivity contribution is 5.85. The topological polar surface area (TPSA) is 64.1 Å². The van der Waals surface area contributed by atoms with E-state index in [9.17, 15) is 0 Å². The second-order valence-corrected chi connectivity index (χ2v) is 6.52. The molecule has 0 fully saturated rings. The smallest absolute Gasteiger partial charge is 0.191 e. The lowest BCUT2D eigenvalue weighted by molar-refractivity contribution is 0.354. The Kier molecular flexibility index (Phi) is 6.79. The molecule has 0 radical (unpaired) electrons. The highest BCUT2D eigenvalue weighted by Crippen LogP contribution is 2.27. The van der Waals surface area contributed by atoms with E-state index in [0.29, 0.717) is 24.6 Å². The molecule has 0 spiro atoms. The molecule has 0 saturated heterocycles. The van der Waals surface area contributed by atoms with Crippen LogP contribution in [0.25, 0.3) is 10.8 Å². The average Bonchev–Trinajstić information content (AvgIpc) is 2.78. The highest BCUT2D eigenvalue weighted by Gasteiger charge is 2.06. The average molecular weight is 393 g/mol. The fourth-order valence-electron chi connectivity index (χ4n) is 3.09. The van der Waals surface area contributed by atoms with E-state index in [1.54, 1.807) is 28.4 Å². The highest BCUT2D eigenvalue weighted by atomic mass is 16.5. The van der Waals surface area contributed by atoms with Gasteiger partial charge in [-0.05, 0) is 52.2 Å². The van der Waals surface area contributed by atoms with Crippen LogP contribution >= 0.6 is 0 Å². The van der Waals surface area contributed by atoms with Gasteiger partial charge in [0.25, 0.3) is 0 Å². The molecular formula is C23H27N3O3. The van der Waals surface area contributed by atoms with E-state index < -0.39 is 0 Å². The quantitative estimate of drug-likeness (QED) is 0.473. The van der Waals surface area contributed by atoms with Crippen LogP contribution in [0.3, 0.4) is 0 Å². The van der Waals surface area contributed by atoms with Crippen molar-refractivity contribution in [3.05, 3.63) is 65.7 Å². The first-order valence-corrected chi connectivity index (χ1v) is 9.39. The van der Waals surface area contributed by atoms with Crippen LogP contribution in [0.15, 0.2) is 59.6 Å². The Bertz CT molecular complexity index is 1000. The lowest BCUT2D eigenvalue weighted by Gasteiger charge is -2.14. The standard InChI is InChI=1S/C23H27N3O3/c1-24-23(26-15-17-6-10-21(28-3)22(12-17)29-4)25-14-16-5-7-19-13-20(27-2)9-8-18(19)11-16/h5-13H,14-15H2,1-4H3,(H2,24,25,26). The van der Waals surface area contributed by atoms with Crippen molar-refractivity contribution in [3.8, 4) is 17.2 Å². The Labute approximate surface area is 171 Å². The Hall–Kier alpha value is -3.41. The molecule has 0 saturated carbocycles. The summed E-state index contributed by atoms with van der Waals surface area (Å²) >= 11 is 0. The Balaban J connectivity index is 1.60. The van der Waals surface area contributed by atoms with Gasteiger partial charge in [-0.1, -0.05) is 24.3 Å². The van der Waals surface area contributed by atoms with Crippen molar-refractivity contribution in [1.82, 2.24) is 10.6 Å². The second kappa shape index (κ2) is 9.68. The van der Waals surface area contributed by atoms with E-state index in [0.717, 1.165) is 22.7 Å². The third kappa shape index (κ3) is 5.10. The van der Waals surface area contributed by atoms with Crippen LogP contribution in [0.1, 0.15) is 11.1 Å². The SMILES string of the molecule is CN=C(NCc1ccc(OC)c(OC)c1)NCc1ccc2cc(OC)ccc2c1. The molecule has 0 aliphatic carbocycles. The molecular weight excluding hydrogens is 366 g/mol. The summed E-state index contributed by atoms with van der Waals surface area (Å²) in [5.74, 6) is 3.02. The number of hydrogen-bond acceptors (Lipinski definition) is 4. The zero-order valence-electron chi connectivity index (χ0n) is 17.3. The number of methoxy groups -OCH3 is 3. The molecule has 2 N–H and O–H groups in total. The Morgan fingerprint density at radius 1 is 0.724 bits per heavy atom. The van der Waals surface area contributed by atoms with E-state index >= 15 is 0 Å². The van der Waals surface area contributed by atoms with E-state index in [4.69, 9.17) is 14.2 Å². The van der Waals surface area contributed by atoms with Crippen molar-refractivity contribution in [2.75, 3.05) is 28.4 Å². The molecule has 0 bridgehead atoms. The first-order chi connectivity index (χ1) is 14.2. The summed E-state index contributed by atoms with van der Waals surface area (Å²) in [4.78, 5) is 4.30. The third-order valence-corrected chi connectivity index (χ3v) is 4.70. The van der Waals surface area contributed by atoms with E-state index in [-0.39, 0.29) is 0 Å². The minimum Gasteiger partial charge on any atom is -0.497 e. The largest absolute Gasteiger partial charge is 0.497 e. The van der Waals surface area contributed by atoms with Crippen molar-refractivity contribution in [3.63, 3.8) is 0 Å². The summed E-state index contributed by atoms with van der Waals surface area (Å²) in [5, 5.41) is 9.01. The summed E-state index contributed by atoms with van der Waals surface area (Å²) in [6, 6.07) is 18.3. The molecule has 0 atom stereocenters. The minimum atomic E-state index is 0.623. The molecule has 0 aromatic heterocycles. The van der Waals surface area contributed by atoms with E-state index in [2.05, 4.69) is 39.9 Å². The number of aliphatic imine (C=N–C) groups is 1. The molecule has 6 nitrogen and oxygen atoms in total. The maximum atomic E-state index is 5.36. The monoisotopic (exact) mass is 393 g/mol. The maximum absolute atomic E-state index is 5.36. The molecule has 0 aliphatic heterocycles. The summed E-state index contributed by atoms with van der Waals surface area (Å²) in [5.41, 5.74) is 2.25. The number of nitrogens with zero attached hydrogens (tertiary/aromatic N) is 1. The van der Waals surface area contributed by atoms with Crippen molar-refractivity contribution in [2.45, 2.75) is 13.1 Å². The normalized spacial score (nSPS) is 11.2. The molecule has 3 rings (SSSR count). The molecule has 3 aromatic rings. The van der Waals surface area contributed by atoms with Gasteiger partial charge in [0, 0.05) is 20.1 Å². The molecule has 0 heterocycles. The zero-order chi connectivity index (χ0) is 20.6. The van der Waals surface area contributed by atoms with E-state index in [1.165, 1.54) is 10.9 Å². The van der Waals surface area contributed by atoms with Gasteiger partial charge in [0.15, 0.2) is 17.5 Å². The van der Waals surface area contributed by atoms with Gasteiger partial charge in [-0.25, -0.2) is 0 Å². The van der Waals surface area contributed by atoms with Gasteiger partial charge in [-0.15, -0.1) is 0 Å². The van der Waals surface area contributed by atoms with Gasteiger partial charge in [-0.3, -0.25) is 4.99 Å². The van der Waals surface area contributed by atoms with Crippen molar-refractivity contribution in [1.29, 1.82) is 0 Å². The van der Waals surface area contributed by atoms with Crippen molar-refractivity contribution in [2.24, 2.45) is 4.99 Å². The minimum absolute atomic E-state index is 0.623. The lowest BCUT2D eigenvalue weighted by Crippen LogP contribution is -2.36. The fraction of sp³-hybridized carbons (Fsp3) is 0.261. The summed E-state index contributed by atoms with van der Waals surface area (Å²) in [6.45, 7) is 1.30. The zero-order valence-corrected chi connectivity index (χ0v) is 17.3. The first-order valence-electron chi connectivity index (χ1n) is 9.39. The van der Waals surface area contributed by atoms with Crippen LogP contribution in [0.5, 0.6) is 17.2 Å². The number of benzene rings is 3. The van der Waals surface area contributed by atoms with Gasteiger partial charge < -0.3 is 24.8 Å². The van der Waals surface area contributed by atoms with Gasteiger partial charge in [0.05, 0.1) is 21.3 Å². The number of nitrogens with one attached hydrogen (secondary N) is 2. The summed E-state index contributed by atoms with van der Waals surface area (Å²) in [6.07, 6.45) is 0. The Morgan fingerprint density at radius 3 is 2.00 bits per heavy atom. The van der Waals surface area contributed by atoms with Crippen LogP contribution in [0.2, 0.25) is 0 Å². The maximum Gasteiger partial charge on any atom is 0.191 e. The number of guanidine groups is 1. The van der Waals surface area contributed by atoms with Gasteiger partial charge in [0.2, 0.25) is 0 Å². The predicted octanol–water partition coefficient (Wildman–Crippen LogP) is 3.73. The molecule has 0 unspecified atom stereocenters. The van der Waals surface area contributed by atoms with Crippen LogP contribution in [0, 0.1) is 0 Å².